The molecule has 1 aromatic rings. The van der Waals surface area contributed by atoms with E-state index in [0.717, 1.165) is 34.4 Å². The van der Waals surface area contributed by atoms with Crippen molar-refractivity contribution < 1.29 is 14.6 Å². The fourth-order valence-electron chi connectivity index (χ4n) is 3.59. The Morgan fingerprint density at radius 2 is 1.87 bits per heavy atom. The first-order valence-electron chi connectivity index (χ1n) is 8.00. The van der Waals surface area contributed by atoms with Gasteiger partial charge in [0.25, 0.3) is 0 Å². The Kier molecular flexibility index (Phi) is 5.17. The number of allylic oxidation sites excluding steroid dienone is 1. The monoisotopic (exact) mass is 334 g/mol. The van der Waals surface area contributed by atoms with Crippen LogP contribution in [0.25, 0.3) is 5.57 Å². The lowest BCUT2D eigenvalue weighted by Gasteiger charge is -2.26. The third-order valence-corrected chi connectivity index (χ3v) is 5.10. The summed E-state index contributed by atoms with van der Waals surface area (Å²) in [5, 5.41) is 10.9. The number of aliphatic hydroxyl groups is 1. The van der Waals surface area contributed by atoms with E-state index in [4.69, 9.17) is 21.7 Å². The van der Waals surface area contributed by atoms with Crippen molar-refractivity contribution in [2.75, 3.05) is 7.11 Å². The van der Waals surface area contributed by atoms with Crippen LogP contribution < -0.4 is 0 Å². The minimum absolute atomic E-state index is 0.0914. The van der Waals surface area contributed by atoms with Crippen molar-refractivity contribution in [2.45, 2.75) is 53.6 Å². The molecule has 23 heavy (non-hydrogen) atoms. The third kappa shape index (κ3) is 3.29. The second-order valence-electron chi connectivity index (χ2n) is 6.71. The summed E-state index contributed by atoms with van der Waals surface area (Å²) in [5.41, 5.74) is 5.16. The van der Waals surface area contributed by atoms with Crippen molar-refractivity contribution in [3.63, 3.8) is 0 Å². The number of aliphatic hydroxyl groups excluding tert-OH is 1. The van der Waals surface area contributed by atoms with Gasteiger partial charge in [-0.25, -0.2) is 0 Å². The largest absolute Gasteiger partial charge is 0.460 e. The van der Waals surface area contributed by atoms with Crippen LogP contribution in [-0.4, -0.2) is 23.6 Å². The highest BCUT2D eigenvalue weighted by Gasteiger charge is 2.44. The first-order chi connectivity index (χ1) is 10.7. The van der Waals surface area contributed by atoms with Gasteiger partial charge >= 0.3 is 5.24 Å². The number of thiocarbonyl (C=S) groups is 1. The summed E-state index contributed by atoms with van der Waals surface area (Å²) < 4.78 is 10.9. The lowest BCUT2D eigenvalue weighted by molar-refractivity contribution is 0.156. The zero-order valence-corrected chi connectivity index (χ0v) is 15.6. The van der Waals surface area contributed by atoms with E-state index in [-0.39, 0.29) is 10.7 Å². The van der Waals surface area contributed by atoms with Crippen LogP contribution in [0.4, 0.5) is 0 Å². The lowest BCUT2D eigenvalue weighted by Crippen LogP contribution is -2.20. The average Bonchev–Trinajstić information content (AvgIpc) is 2.71. The van der Waals surface area contributed by atoms with Gasteiger partial charge in [0.15, 0.2) is 0 Å². The van der Waals surface area contributed by atoms with Crippen LogP contribution in [0.3, 0.4) is 0 Å². The molecule has 0 fully saturated rings. The van der Waals surface area contributed by atoms with Crippen LogP contribution in [0.2, 0.25) is 0 Å². The number of aryl methyl sites for hydroxylation is 3. The highest BCUT2D eigenvalue weighted by atomic mass is 32.1. The molecule has 0 aromatic heterocycles. The molecule has 0 saturated heterocycles. The first kappa shape index (κ1) is 18.0. The molecular formula is C19H26O3S. The summed E-state index contributed by atoms with van der Waals surface area (Å²) >= 11 is 5.11. The molecule has 0 bridgehead atoms. The second kappa shape index (κ2) is 6.62. The van der Waals surface area contributed by atoms with Crippen LogP contribution in [0, 0.1) is 26.2 Å². The minimum Gasteiger partial charge on any atom is -0.460 e. The molecule has 2 rings (SSSR count). The van der Waals surface area contributed by atoms with Gasteiger partial charge < -0.3 is 14.6 Å². The Balaban J connectivity index is 2.69. The van der Waals surface area contributed by atoms with Gasteiger partial charge in [-0.2, -0.15) is 0 Å². The zero-order valence-electron chi connectivity index (χ0n) is 14.8. The SMILES string of the molecule is CCC1(C)CC(O)C(c2c(C)cc(C)cc2C)=C1OC(=S)OC. The van der Waals surface area contributed by atoms with Crippen LogP contribution in [-0.2, 0) is 9.47 Å². The highest BCUT2D eigenvalue weighted by Crippen LogP contribution is 2.50. The quantitative estimate of drug-likeness (QED) is 0.829. The zero-order chi connectivity index (χ0) is 17.4. The van der Waals surface area contributed by atoms with Gasteiger partial charge in [0, 0.05) is 23.2 Å². The molecule has 1 N–H and O–H groups in total. The van der Waals surface area contributed by atoms with Gasteiger partial charge in [-0.05, 0) is 50.3 Å². The maximum Gasteiger partial charge on any atom is 0.357 e. The van der Waals surface area contributed by atoms with Gasteiger partial charge in [-0.15, -0.1) is 0 Å². The van der Waals surface area contributed by atoms with Gasteiger partial charge in [0.2, 0.25) is 0 Å². The van der Waals surface area contributed by atoms with Gasteiger partial charge in [-0.1, -0.05) is 31.5 Å². The lowest BCUT2D eigenvalue weighted by atomic mass is 9.85. The maximum absolute atomic E-state index is 10.8. The van der Waals surface area contributed by atoms with E-state index < -0.39 is 6.10 Å². The molecule has 0 amide bonds. The van der Waals surface area contributed by atoms with Crippen molar-refractivity contribution in [1.82, 2.24) is 0 Å². The second-order valence-corrected chi connectivity index (χ2v) is 7.04. The van der Waals surface area contributed by atoms with Crippen LogP contribution in [0.15, 0.2) is 17.9 Å². The first-order valence-corrected chi connectivity index (χ1v) is 8.41. The van der Waals surface area contributed by atoms with E-state index in [2.05, 4.69) is 46.8 Å². The van der Waals surface area contributed by atoms with E-state index in [1.807, 2.05) is 0 Å². The number of benzene rings is 1. The molecule has 2 atom stereocenters. The van der Waals surface area contributed by atoms with E-state index in [9.17, 15) is 5.11 Å². The van der Waals surface area contributed by atoms with Crippen LogP contribution >= 0.6 is 12.2 Å². The summed E-state index contributed by atoms with van der Waals surface area (Å²) in [7, 11) is 1.50. The smallest absolute Gasteiger partial charge is 0.357 e. The molecule has 4 heteroatoms. The Labute approximate surface area is 144 Å². The molecule has 0 spiro atoms. The third-order valence-electron chi connectivity index (χ3n) is 4.85. The van der Waals surface area contributed by atoms with Crippen molar-refractivity contribution in [1.29, 1.82) is 0 Å². The Morgan fingerprint density at radius 3 is 2.35 bits per heavy atom. The fourth-order valence-corrected chi connectivity index (χ4v) is 3.67. The minimum atomic E-state index is -0.560. The summed E-state index contributed by atoms with van der Waals surface area (Å²) in [6, 6.07) is 4.27. The van der Waals surface area contributed by atoms with Crippen LogP contribution in [0.5, 0.6) is 0 Å². The number of hydrogen-bond acceptors (Lipinski definition) is 4. The molecule has 0 heterocycles. The Morgan fingerprint density at radius 1 is 1.30 bits per heavy atom. The van der Waals surface area contributed by atoms with Gasteiger partial charge in [-0.3, -0.25) is 0 Å². The predicted molar refractivity (Wildman–Crippen MR) is 97.3 cm³/mol. The maximum atomic E-state index is 10.8. The summed E-state index contributed by atoms with van der Waals surface area (Å²) in [6.07, 6.45) is 0.932. The Hall–Kier alpha value is -1.39. The van der Waals surface area contributed by atoms with E-state index in [1.165, 1.54) is 12.7 Å². The molecule has 0 radical (unpaired) electrons. The molecular weight excluding hydrogens is 308 g/mol. The van der Waals surface area contributed by atoms with Crippen molar-refractivity contribution in [2.24, 2.45) is 5.41 Å². The standard InChI is InChI=1S/C19H26O3S/c1-7-19(5)10-14(20)16(17(19)22-18(23)21-6)15-12(3)8-11(2)9-13(15)4/h8-9,14,20H,7,10H2,1-6H3. The molecule has 3 nitrogen and oxygen atoms in total. The highest BCUT2D eigenvalue weighted by molar-refractivity contribution is 7.79. The van der Waals surface area contributed by atoms with E-state index in [1.54, 1.807) is 0 Å². The predicted octanol–water partition coefficient (Wildman–Crippen LogP) is 4.45. The fraction of sp³-hybridized carbons (Fsp3) is 0.526. The molecule has 1 aliphatic carbocycles. The molecule has 2 unspecified atom stereocenters. The number of methoxy groups -OCH3 is 1. The van der Waals surface area contributed by atoms with Gasteiger partial charge in [0.1, 0.15) is 5.76 Å². The van der Waals surface area contributed by atoms with Crippen molar-refractivity contribution >= 4 is 23.0 Å². The normalized spacial score (nSPS) is 24.0. The molecule has 1 aliphatic rings. The summed E-state index contributed by atoms with van der Waals surface area (Å²) in [4.78, 5) is 0. The van der Waals surface area contributed by atoms with Gasteiger partial charge in [0.05, 0.1) is 13.2 Å². The van der Waals surface area contributed by atoms with Crippen molar-refractivity contribution in [3.8, 4) is 0 Å². The number of ether oxygens (including phenoxy) is 2. The van der Waals surface area contributed by atoms with E-state index in [0.29, 0.717) is 6.42 Å². The average molecular weight is 334 g/mol. The molecule has 0 aliphatic heterocycles. The van der Waals surface area contributed by atoms with Crippen molar-refractivity contribution in [3.05, 3.63) is 40.1 Å². The van der Waals surface area contributed by atoms with Crippen LogP contribution in [0.1, 0.15) is 48.9 Å². The number of rotatable bonds is 3. The molecule has 126 valence electrons. The topological polar surface area (TPSA) is 38.7 Å². The summed E-state index contributed by atoms with van der Waals surface area (Å²) in [5.74, 6) is 0.745. The molecule has 1 aromatic carbocycles. The number of hydrogen-bond donors (Lipinski definition) is 1. The summed E-state index contributed by atoms with van der Waals surface area (Å²) in [6.45, 7) is 10.4. The Bertz CT molecular complexity index is 640. The van der Waals surface area contributed by atoms with E-state index >= 15 is 0 Å². The molecule has 0 saturated carbocycles.